The van der Waals surface area contributed by atoms with Crippen molar-refractivity contribution in [3.63, 3.8) is 0 Å². The van der Waals surface area contributed by atoms with E-state index in [1.807, 2.05) is 18.2 Å². The molecule has 1 unspecified atom stereocenters. The van der Waals surface area contributed by atoms with Crippen LogP contribution in [0.5, 0.6) is 0 Å². The van der Waals surface area contributed by atoms with Gasteiger partial charge < -0.3 is 15.2 Å². The fraction of sp³-hybridized carbons (Fsp3) is 0.400. The van der Waals surface area contributed by atoms with E-state index in [4.69, 9.17) is 0 Å². The molecule has 0 fully saturated rings. The predicted octanol–water partition coefficient (Wildman–Crippen LogP) is 2.31. The van der Waals surface area contributed by atoms with Crippen LogP contribution in [0.2, 0.25) is 0 Å². The highest BCUT2D eigenvalue weighted by atomic mass is 16.5. The molecule has 0 radical (unpaired) electrons. The van der Waals surface area contributed by atoms with Gasteiger partial charge in [-0.05, 0) is 18.4 Å². The summed E-state index contributed by atoms with van der Waals surface area (Å²) in [5, 5.41) is 13.1. The largest absolute Gasteiger partial charge is 0.512 e. The van der Waals surface area contributed by atoms with E-state index in [1.165, 1.54) is 12.7 Å². The van der Waals surface area contributed by atoms with E-state index in [0.717, 1.165) is 13.0 Å². The van der Waals surface area contributed by atoms with Gasteiger partial charge in [-0.25, -0.2) is 4.79 Å². The average Bonchev–Trinajstić information content (AvgIpc) is 2.46. The normalized spacial score (nSPS) is 19.3. The van der Waals surface area contributed by atoms with Crippen LogP contribution < -0.4 is 5.32 Å². The van der Waals surface area contributed by atoms with Crippen molar-refractivity contribution in [1.29, 1.82) is 0 Å². The zero-order valence-corrected chi connectivity index (χ0v) is 11.1. The SMILES string of the molecule is COC(=O)C1=C(O)CCC(NCc2ccccc2)C1. The molecule has 0 amide bonds. The smallest absolute Gasteiger partial charge is 0.337 e. The van der Waals surface area contributed by atoms with Crippen molar-refractivity contribution in [2.75, 3.05) is 7.11 Å². The Bertz CT molecular complexity index is 468. The Hall–Kier alpha value is -1.81. The molecule has 0 bridgehead atoms. The summed E-state index contributed by atoms with van der Waals surface area (Å²) in [5.41, 5.74) is 1.61. The highest BCUT2D eigenvalue weighted by Crippen LogP contribution is 2.24. The Morgan fingerprint density at radius 3 is 2.84 bits per heavy atom. The molecule has 4 nitrogen and oxygen atoms in total. The van der Waals surface area contributed by atoms with Gasteiger partial charge in [-0.2, -0.15) is 0 Å². The molecule has 1 aromatic carbocycles. The van der Waals surface area contributed by atoms with Gasteiger partial charge >= 0.3 is 5.97 Å². The van der Waals surface area contributed by atoms with E-state index in [9.17, 15) is 9.90 Å². The molecule has 0 heterocycles. The predicted molar refractivity (Wildman–Crippen MR) is 72.6 cm³/mol. The highest BCUT2D eigenvalue weighted by molar-refractivity contribution is 5.89. The van der Waals surface area contributed by atoms with E-state index in [1.54, 1.807) is 0 Å². The minimum Gasteiger partial charge on any atom is -0.512 e. The second kappa shape index (κ2) is 6.38. The Morgan fingerprint density at radius 2 is 2.16 bits per heavy atom. The summed E-state index contributed by atoms with van der Waals surface area (Å²) in [6, 6.07) is 10.3. The molecule has 0 aliphatic heterocycles. The molecule has 0 spiro atoms. The van der Waals surface area contributed by atoms with Crippen LogP contribution >= 0.6 is 0 Å². The van der Waals surface area contributed by atoms with Crippen LogP contribution in [-0.4, -0.2) is 24.2 Å². The maximum absolute atomic E-state index is 11.5. The van der Waals surface area contributed by atoms with Crippen molar-refractivity contribution in [3.8, 4) is 0 Å². The molecule has 0 saturated carbocycles. The molecular formula is C15H19NO3. The standard InChI is InChI=1S/C15H19NO3/c1-19-15(18)13-9-12(7-8-14(13)17)16-10-11-5-3-2-4-6-11/h2-6,12,16-17H,7-10H2,1H3. The number of carbonyl (C=O) groups excluding carboxylic acids is 1. The third-order valence-electron chi connectivity index (χ3n) is 3.40. The first-order valence-electron chi connectivity index (χ1n) is 6.47. The fourth-order valence-corrected chi connectivity index (χ4v) is 2.28. The number of aliphatic hydroxyl groups excluding tert-OH is 1. The fourth-order valence-electron chi connectivity index (χ4n) is 2.28. The second-order valence-corrected chi connectivity index (χ2v) is 4.72. The lowest BCUT2D eigenvalue weighted by atomic mass is 9.93. The molecule has 1 aliphatic carbocycles. The first kappa shape index (κ1) is 13.6. The number of carbonyl (C=O) groups is 1. The number of benzene rings is 1. The summed E-state index contributed by atoms with van der Waals surface area (Å²) < 4.78 is 4.69. The molecular weight excluding hydrogens is 242 g/mol. The van der Waals surface area contributed by atoms with Crippen LogP contribution in [0.15, 0.2) is 41.7 Å². The summed E-state index contributed by atoms with van der Waals surface area (Å²) in [6.07, 6.45) is 1.88. The van der Waals surface area contributed by atoms with Crippen LogP contribution in [0.3, 0.4) is 0 Å². The van der Waals surface area contributed by atoms with E-state index in [2.05, 4.69) is 22.2 Å². The number of aliphatic hydroxyl groups is 1. The van der Waals surface area contributed by atoms with Crippen molar-refractivity contribution in [2.45, 2.75) is 31.8 Å². The molecule has 19 heavy (non-hydrogen) atoms. The minimum atomic E-state index is -0.427. The lowest BCUT2D eigenvalue weighted by Gasteiger charge is -2.24. The van der Waals surface area contributed by atoms with Gasteiger partial charge in [0.05, 0.1) is 12.7 Å². The molecule has 1 aromatic rings. The van der Waals surface area contributed by atoms with E-state index < -0.39 is 5.97 Å². The minimum absolute atomic E-state index is 0.171. The maximum Gasteiger partial charge on any atom is 0.337 e. The van der Waals surface area contributed by atoms with Gasteiger partial charge in [0.1, 0.15) is 5.76 Å². The number of nitrogens with one attached hydrogen (secondary N) is 1. The van der Waals surface area contributed by atoms with Crippen LogP contribution in [0.1, 0.15) is 24.8 Å². The molecule has 1 aliphatic rings. The Labute approximate surface area is 113 Å². The molecule has 0 aromatic heterocycles. The number of allylic oxidation sites excluding steroid dienone is 1. The van der Waals surface area contributed by atoms with Crippen molar-refractivity contribution in [1.82, 2.24) is 5.32 Å². The van der Waals surface area contributed by atoms with Gasteiger partial charge in [-0.1, -0.05) is 30.3 Å². The van der Waals surface area contributed by atoms with Gasteiger partial charge in [0, 0.05) is 19.0 Å². The maximum atomic E-state index is 11.5. The number of ether oxygens (including phenoxy) is 1. The number of hydrogen-bond acceptors (Lipinski definition) is 4. The zero-order valence-electron chi connectivity index (χ0n) is 11.1. The Balaban J connectivity index is 1.92. The van der Waals surface area contributed by atoms with E-state index >= 15 is 0 Å². The quantitative estimate of drug-likeness (QED) is 0.817. The zero-order chi connectivity index (χ0) is 13.7. The topological polar surface area (TPSA) is 58.6 Å². The van der Waals surface area contributed by atoms with Crippen molar-refractivity contribution < 1.29 is 14.6 Å². The highest BCUT2D eigenvalue weighted by Gasteiger charge is 2.25. The summed E-state index contributed by atoms with van der Waals surface area (Å²) in [6.45, 7) is 0.765. The van der Waals surface area contributed by atoms with Gasteiger partial charge in [-0.15, -0.1) is 0 Å². The van der Waals surface area contributed by atoms with Crippen molar-refractivity contribution >= 4 is 5.97 Å². The Kier molecular flexibility index (Phi) is 4.58. The lowest BCUT2D eigenvalue weighted by Crippen LogP contribution is -2.33. The molecule has 2 rings (SSSR count). The summed E-state index contributed by atoms with van der Waals surface area (Å²) in [7, 11) is 1.34. The summed E-state index contributed by atoms with van der Waals surface area (Å²) >= 11 is 0. The third kappa shape index (κ3) is 3.58. The van der Waals surface area contributed by atoms with E-state index in [0.29, 0.717) is 18.4 Å². The van der Waals surface area contributed by atoms with Gasteiger partial charge in [0.15, 0.2) is 0 Å². The average molecular weight is 261 g/mol. The molecule has 0 saturated heterocycles. The molecule has 2 N–H and O–H groups in total. The second-order valence-electron chi connectivity index (χ2n) is 4.72. The molecule has 102 valence electrons. The van der Waals surface area contributed by atoms with Gasteiger partial charge in [0.25, 0.3) is 0 Å². The van der Waals surface area contributed by atoms with Gasteiger partial charge in [0.2, 0.25) is 0 Å². The van der Waals surface area contributed by atoms with Gasteiger partial charge in [-0.3, -0.25) is 0 Å². The van der Waals surface area contributed by atoms with Crippen LogP contribution in [0, 0.1) is 0 Å². The first-order chi connectivity index (χ1) is 9.20. The molecule has 4 heteroatoms. The monoisotopic (exact) mass is 261 g/mol. The summed E-state index contributed by atoms with van der Waals surface area (Å²) in [4.78, 5) is 11.5. The van der Waals surface area contributed by atoms with Crippen molar-refractivity contribution in [3.05, 3.63) is 47.2 Å². The number of esters is 1. The third-order valence-corrected chi connectivity index (χ3v) is 3.40. The van der Waals surface area contributed by atoms with E-state index in [-0.39, 0.29) is 11.8 Å². The molecule has 1 atom stereocenters. The number of rotatable bonds is 4. The lowest BCUT2D eigenvalue weighted by molar-refractivity contribution is -0.136. The number of methoxy groups -OCH3 is 1. The Morgan fingerprint density at radius 1 is 1.42 bits per heavy atom. The van der Waals surface area contributed by atoms with Crippen LogP contribution in [0.4, 0.5) is 0 Å². The summed E-state index contributed by atoms with van der Waals surface area (Å²) in [5.74, 6) is -0.256. The van der Waals surface area contributed by atoms with Crippen LogP contribution in [0.25, 0.3) is 0 Å². The van der Waals surface area contributed by atoms with Crippen LogP contribution in [-0.2, 0) is 16.1 Å². The number of hydrogen-bond donors (Lipinski definition) is 2. The first-order valence-corrected chi connectivity index (χ1v) is 6.47. The van der Waals surface area contributed by atoms with Crippen molar-refractivity contribution in [2.24, 2.45) is 0 Å².